The van der Waals surface area contributed by atoms with Crippen molar-refractivity contribution in [2.75, 3.05) is 6.61 Å². The summed E-state index contributed by atoms with van der Waals surface area (Å²) in [6.07, 6.45) is 0.655. The Labute approximate surface area is 189 Å². The van der Waals surface area contributed by atoms with Crippen LogP contribution in [0, 0.1) is 6.92 Å². The molecule has 0 bridgehead atoms. The van der Waals surface area contributed by atoms with Gasteiger partial charge in [0.15, 0.2) is 0 Å². The van der Waals surface area contributed by atoms with Crippen molar-refractivity contribution in [2.45, 2.75) is 19.6 Å². The number of thiophene rings is 1. The third kappa shape index (κ3) is 3.79. The summed E-state index contributed by atoms with van der Waals surface area (Å²) in [5, 5.41) is 13.3. The number of aliphatic hydroxyl groups excluding tert-OH is 1. The summed E-state index contributed by atoms with van der Waals surface area (Å²) < 4.78 is 7.36. The summed E-state index contributed by atoms with van der Waals surface area (Å²) in [5.41, 5.74) is 1.76. The van der Waals surface area contributed by atoms with E-state index in [1.54, 1.807) is 0 Å². The Morgan fingerprint density at radius 2 is 1.78 bits per heavy atom. The number of ether oxygens (including phenoxy) is 1. The van der Waals surface area contributed by atoms with E-state index in [-0.39, 0.29) is 18.7 Å². The minimum absolute atomic E-state index is 0.0761. The van der Waals surface area contributed by atoms with Crippen molar-refractivity contribution in [2.24, 2.45) is 0 Å². The highest BCUT2D eigenvalue weighted by Gasteiger charge is 2.18. The third-order valence-electron chi connectivity index (χ3n) is 5.51. The number of aliphatic hydroxyl groups is 1. The van der Waals surface area contributed by atoms with E-state index in [0.29, 0.717) is 16.0 Å². The fourth-order valence-corrected chi connectivity index (χ4v) is 5.01. The number of hydrogen-bond acceptors (Lipinski definition) is 5. The average Bonchev–Trinajstić information content (AvgIpc) is 3.16. The second-order valence-corrected chi connectivity index (χ2v) is 8.93. The van der Waals surface area contributed by atoms with Gasteiger partial charge in [-0.2, -0.15) is 0 Å². The maximum absolute atomic E-state index is 13.3. The Hall–Kier alpha value is -3.48. The number of benzene rings is 3. The molecule has 0 aliphatic carbocycles. The molecule has 0 aliphatic heterocycles. The van der Waals surface area contributed by atoms with Gasteiger partial charge in [-0.15, -0.1) is 11.3 Å². The van der Waals surface area contributed by atoms with Crippen molar-refractivity contribution in [1.82, 2.24) is 9.55 Å². The Morgan fingerprint density at radius 1 is 1.03 bits per heavy atom. The molecule has 0 fully saturated rings. The second-order valence-electron chi connectivity index (χ2n) is 7.72. The van der Waals surface area contributed by atoms with Gasteiger partial charge in [0, 0.05) is 15.8 Å². The highest BCUT2D eigenvalue weighted by atomic mass is 32.1. The summed E-state index contributed by atoms with van der Waals surface area (Å²) in [6, 6.07) is 23.6. The first-order valence-corrected chi connectivity index (χ1v) is 11.3. The number of aryl methyl sites for hydroxylation is 1. The fourth-order valence-electron chi connectivity index (χ4n) is 4.01. The maximum atomic E-state index is 13.3. The van der Waals surface area contributed by atoms with E-state index in [1.165, 1.54) is 22.2 Å². The number of nitrogens with zero attached hydrogens (tertiary/aromatic N) is 2. The quantitative estimate of drug-likeness (QED) is 0.401. The van der Waals surface area contributed by atoms with Crippen LogP contribution in [0.2, 0.25) is 0 Å². The van der Waals surface area contributed by atoms with Gasteiger partial charge < -0.3 is 9.84 Å². The van der Waals surface area contributed by atoms with Crippen LogP contribution in [0.4, 0.5) is 0 Å². The summed E-state index contributed by atoms with van der Waals surface area (Å²) >= 11 is 1.51. The molecule has 0 amide bonds. The van der Waals surface area contributed by atoms with Gasteiger partial charge in [0.25, 0.3) is 5.56 Å². The van der Waals surface area contributed by atoms with Crippen molar-refractivity contribution < 1.29 is 9.84 Å². The maximum Gasteiger partial charge on any atom is 0.262 e. The summed E-state index contributed by atoms with van der Waals surface area (Å²) in [6.45, 7) is 2.19. The molecule has 5 aromatic rings. The molecule has 0 spiro atoms. The lowest BCUT2D eigenvalue weighted by Crippen LogP contribution is -2.30. The Morgan fingerprint density at radius 3 is 2.62 bits per heavy atom. The molecule has 0 saturated carbocycles. The van der Waals surface area contributed by atoms with Crippen LogP contribution in [0.25, 0.3) is 32.1 Å². The molecule has 32 heavy (non-hydrogen) atoms. The molecule has 0 radical (unpaired) electrons. The molecular formula is C26H22N2O3S. The van der Waals surface area contributed by atoms with Gasteiger partial charge in [-0.05, 0) is 23.9 Å². The Kier molecular flexibility index (Phi) is 5.47. The van der Waals surface area contributed by atoms with Gasteiger partial charge in [0.1, 0.15) is 23.3 Å². The van der Waals surface area contributed by atoms with Gasteiger partial charge in [-0.1, -0.05) is 66.7 Å². The zero-order valence-corrected chi connectivity index (χ0v) is 18.4. The van der Waals surface area contributed by atoms with Crippen LogP contribution in [0.5, 0.6) is 5.75 Å². The van der Waals surface area contributed by atoms with E-state index < -0.39 is 6.10 Å². The molecule has 1 N–H and O–H groups in total. The normalized spacial score (nSPS) is 12.3. The number of hydrogen-bond donors (Lipinski definition) is 1. The van der Waals surface area contributed by atoms with Crippen LogP contribution in [0.1, 0.15) is 4.88 Å². The zero-order chi connectivity index (χ0) is 22.1. The second kappa shape index (κ2) is 8.57. The van der Waals surface area contributed by atoms with E-state index in [9.17, 15) is 9.90 Å². The molecule has 5 nitrogen and oxygen atoms in total. The van der Waals surface area contributed by atoms with Crippen molar-refractivity contribution >= 4 is 32.3 Å². The summed E-state index contributed by atoms with van der Waals surface area (Å²) in [7, 11) is 0. The Balaban J connectivity index is 1.40. The smallest absolute Gasteiger partial charge is 0.262 e. The molecule has 0 saturated heterocycles. The molecule has 1 atom stereocenters. The van der Waals surface area contributed by atoms with E-state index >= 15 is 0 Å². The van der Waals surface area contributed by atoms with Gasteiger partial charge in [0.2, 0.25) is 0 Å². The summed E-state index contributed by atoms with van der Waals surface area (Å²) in [4.78, 5) is 19.6. The molecule has 0 aliphatic rings. The third-order valence-corrected chi connectivity index (χ3v) is 6.52. The van der Waals surface area contributed by atoms with E-state index in [4.69, 9.17) is 4.74 Å². The minimum atomic E-state index is -0.856. The number of rotatable bonds is 6. The lowest BCUT2D eigenvalue weighted by atomic mass is 10.0. The molecule has 2 heterocycles. The van der Waals surface area contributed by atoms with Crippen LogP contribution < -0.4 is 10.3 Å². The SMILES string of the molecule is Cc1sc2ncn(CC(O)COc3cccc4ccccc34)c(=O)c2c1-c1ccccc1. The lowest BCUT2D eigenvalue weighted by Gasteiger charge is -2.15. The van der Waals surface area contributed by atoms with Crippen LogP contribution in [0.15, 0.2) is 83.9 Å². The highest BCUT2D eigenvalue weighted by Crippen LogP contribution is 2.35. The predicted molar refractivity (Wildman–Crippen MR) is 130 cm³/mol. The van der Waals surface area contributed by atoms with Crippen LogP contribution >= 0.6 is 11.3 Å². The molecule has 1 unspecified atom stereocenters. The average molecular weight is 443 g/mol. The molecular weight excluding hydrogens is 420 g/mol. The highest BCUT2D eigenvalue weighted by molar-refractivity contribution is 7.19. The van der Waals surface area contributed by atoms with Crippen molar-refractivity contribution in [3.8, 4) is 16.9 Å². The largest absolute Gasteiger partial charge is 0.490 e. The summed E-state index contributed by atoms with van der Waals surface area (Å²) in [5.74, 6) is 0.711. The molecule has 6 heteroatoms. The lowest BCUT2D eigenvalue weighted by molar-refractivity contribution is 0.0922. The monoisotopic (exact) mass is 442 g/mol. The standard InChI is InChI=1S/C26H22N2O3S/c1-17-23(19-9-3-2-4-10-19)24-25(32-17)27-16-28(26(24)30)14-20(29)15-31-22-13-7-11-18-8-5-6-12-21(18)22/h2-13,16,20,29H,14-15H2,1H3. The van der Waals surface area contributed by atoms with Crippen LogP contribution in [-0.2, 0) is 6.54 Å². The first kappa shape index (κ1) is 20.4. The molecule has 160 valence electrons. The minimum Gasteiger partial charge on any atom is -0.490 e. The van der Waals surface area contributed by atoms with Crippen molar-refractivity contribution in [3.05, 3.63) is 94.4 Å². The van der Waals surface area contributed by atoms with E-state index in [2.05, 4.69) is 4.98 Å². The van der Waals surface area contributed by atoms with Gasteiger partial charge in [-0.3, -0.25) is 9.36 Å². The van der Waals surface area contributed by atoms with Gasteiger partial charge >= 0.3 is 0 Å². The number of aromatic nitrogens is 2. The van der Waals surface area contributed by atoms with E-state index in [0.717, 1.165) is 26.8 Å². The first-order valence-electron chi connectivity index (χ1n) is 10.4. The fraction of sp³-hybridized carbons (Fsp3) is 0.154. The molecule has 2 aromatic heterocycles. The predicted octanol–water partition coefficient (Wildman–Crippen LogP) is 5.03. The molecule has 3 aromatic carbocycles. The van der Waals surface area contributed by atoms with Crippen LogP contribution in [0.3, 0.4) is 0 Å². The number of fused-ring (bicyclic) bond motifs is 2. The van der Waals surface area contributed by atoms with Gasteiger partial charge in [0.05, 0.1) is 18.3 Å². The van der Waals surface area contributed by atoms with Gasteiger partial charge in [-0.25, -0.2) is 4.98 Å². The topological polar surface area (TPSA) is 64.3 Å². The molecule has 5 rings (SSSR count). The van der Waals surface area contributed by atoms with Crippen LogP contribution in [-0.4, -0.2) is 27.4 Å². The first-order chi connectivity index (χ1) is 15.6. The van der Waals surface area contributed by atoms with Crippen molar-refractivity contribution in [1.29, 1.82) is 0 Å². The zero-order valence-electron chi connectivity index (χ0n) is 17.6. The van der Waals surface area contributed by atoms with E-state index in [1.807, 2.05) is 79.7 Å². The Bertz CT molecular complexity index is 1450. The van der Waals surface area contributed by atoms with Crippen molar-refractivity contribution in [3.63, 3.8) is 0 Å².